The fourth-order valence-electron chi connectivity index (χ4n) is 2.44. The molecule has 2 aromatic rings. The molecule has 1 aliphatic rings. The maximum atomic E-state index is 6.29. The van der Waals surface area contributed by atoms with Crippen molar-refractivity contribution in [2.45, 2.75) is 25.8 Å². The van der Waals surface area contributed by atoms with Crippen molar-refractivity contribution in [1.82, 2.24) is 9.55 Å². The largest absolute Gasteiger partial charge is 0.496 e. The van der Waals surface area contributed by atoms with Crippen LogP contribution >= 0.6 is 11.6 Å². The second-order valence-corrected chi connectivity index (χ2v) is 5.22. The number of imidazole rings is 1. The molecule has 2 N–H and O–H groups in total. The normalized spacial score (nSPS) is 14.7. The van der Waals surface area contributed by atoms with Crippen molar-refractivity contribution in [2.75, 3.05) is 12.8 Å². The Hall–Kier alpha value is -1.68. The zero-order valence-corrected chi connectivity index (χ0v) is 11.7. The molecule has 1 aromatic carbocycles. The Bertz CT molecular complexity index is 632. The van der Waals surface area contributed by atoms with Crippen LogP contribution in [0.1, 0.15) is 24.7 Å². The fraction of sp³-hybridized carbons (Fsp3) is 0.357. The number of hydrogen-bond acceptors (Lipinski definition) is 3. The third-order valence-electron chi connectivity index (χ3n) is 3.47. The van der Waals surface area contributed by atoms with Crippen LogP contribution in [0, 0.1) is 6.92 Å². The summed E-state index contributed by atoms with van der Waals surface area (Å²) in [5.74, 6) is 2.29. The molecule has 0 unspecified atom stereocenters. The summed E-state index contributed by atoms with van der Waals surface area (Å²) in [6, 6.07) is 6.04. The summed E-state index contributed by atoms with van der Waals surface area (Å²) in [6.45, 7) is 1.97. The van der Waals surface area contributed by atoms with E-state index in [0.717, 1.165) is 11.4 Å². The average molecular weight is 278 g/mol. The first-order valence-corrected chi connectivity index (χ1v) is 6.68. The van der Waals surface area contributed by atoms with Crippen LogP contribution in [-0.2, 0) is 0 Å². The van der Waals surface area contributed by atoms with Crippen LogP contribution in [0.25, 0.3) is 11.3 Å². The number of nitrogens with zero attached hydrogens (tertiary/aromatic N) is 2. The van der Waals surface area contributed by atoms with Crippen molar-refractivity contribution in [3.63, 3.8) is 0 Å². The van der Waals surface area contributed by atoms with Crippen LogP contribution in [-0.4, -0.2) is 16.7 Å². The van der Waals surface area contributed by atoms with E-state index in [1.165, 1.54) is 12.8 Å². The highest BCUT2D eigenvalue weighted by Crippen LogP contribution is 2.44. The molecule has 100 valence electrons. The molecular formula is C14H16ClN3O. The molecule has 3 rings (SSSR count). The van der Waals surface area contributed by atoms with Gasteiger partial charge in [-0.3, -0.25) is 0 Å². The van der Waals surface area contributed by atoms with Gasteiger partial charge < -0.3 is 15.0 Å². The van der Waals surface area contributed by atoms with Crippen LogP contribution in [0.15, 0.2) is 18.2 Å². The van der Waals surface area contributed by atoms with Crippen LogP contribution in [0.3, 0.4) is 0 Å². The van der Waals surface area contributed by atoms with Gasteiger partial charge in [-0.1, -0.05) is 17.7 Å². The van der Waals surface area contributed by atoms with Gasteiger partial charge in [-0.2, -0.15) is 0 Å². The van der Waals surface area contributed by atoms with Crippen molar-refractivity contribution >= 4 is 17.4 Å². The SMILES string of the molecule is COc1cccc(Cl)c1-c1nc(C)n(C2CC2)c1N. The minimum atomic E-state index is 0.495. The molecule has 0 radical (unpaired) electrons. The number of nitrogen functional groups attached to an aromatic ring is 1. The number of nitrogens with two attached hydrogens (primary N) is 1. The van der Waals surface area contributed by atoms with Crippen molar-refractivity contribution < 1.29 is 4.74 Å². The van der Waals surface area contributed by atoms with Gasteiger partial charge in [0.25, 0.3) is 0 Å². The molecule has 4 nitrogen and oxygen atoms in total. The van der Waals surface area contributed by atoms with Gasteiger partial charge in [-0.05, 0) is 31.9 Å². The Morgan fingerprint density at radius 1 is 1.42 bits per heavy atom. The van der Waals surface area contributed by atoms with E-state index < -0.39 is 0 Å². The zero-order chi connectivity index (χ0) is 13.6. The predicted octanol–water partition coefficient (Wildman–Crippen LogP) is 3.44. The first-order chi connectivity index (χ1) is 9.13. The summed E-state index contributed by atoms with van der Waals surface area (Å²) >= 11 is 6.29. The molecule has 19 heavy (non-hydrogen) atoms. The quantitative estimate of drug-likeness (QED) is 0.935. The lowest BCUT2D eigenvalue weighted by atomic mass is 10.1. The Morgan fingerprint density at radius 2 is 2.16 bits per heavy atom. The molecule has 1 aliphatic carbocycles. The highest BCUT2D eigenvalue weighted by molar-refractivity contribution is 6.33. The van der Waals surface area contributed by atoms with Gasteiger partial charge in [-0.15, -0.1) is 0 Å². The number of ether oxygens (including phenoxy) is 1. The van der Waals surface area contributed by atoms with Crippen molar-refractivity contribution in [2.24, 2.45) is 0 Å². The number of hydrogen-bond donors (Lipinski definition) is 1. The summed E-state index contributed by atoms with van der Waals surface area (Å²) in [6.07, 6.45) is 2.33. The van der Waals surface area contributed by atoms with Gasteiger partial charge in [0.2, 0.25) is 0 Å². The van der Waals surface area contributed by atoms with Crippen LogP contribution in [0.2, 0.25) is 5.02 Å². The third kappa shape index (κ3) is 1.96. The molecule has 1 fully saturated rings. The Morgan fingerprint density at radius 3 is 2.79 bits per heavy atom. The molecule has 1 aromatic heterocycles. The maximum Gasteiger partial charge on any atom is 0.132 e. The minimum absolute atomic E-state index is 0.495. The standard InChI is InChI=1S/C14H16ClN3O/c1-8-17-13(14(16)18(8)9-6-7-9)12-10(15)4-3-5-11(12)19-2/h3-5,9H,6-7,16H2,1-2H3. The first-order valence-electron chi connectivity index (χ1n) is 6.30. The third-order valence-corrected chi connectivity index (χ3v) is 3.78. The second-order valence-electron chi connectivity index (χ2n) is 4.81. The predicted molar refractivity (Wildman–Crippen MR) is 76.6 cm³/mol. The number of halogens is 1. The summed E-state index contributed by atoms with van der Waals surface area (Å²) in [5.41, 5.74) is 7.74. The van der Waals surface area contributed by atoms with Gasteiger partial charge >= 0.3 is 0 Å². The van der Waals surface area contributed by atoms with E-state index in [0.29, 0.717) is 28.3 Å². The molecule has 5 heteroatoms. The lowest BCUT2D eigenvalue weighted by Gasteiger charge is -2.10. The second kappa shape index (κ2) is 4.46. The van der Waals surface area contributed by atoms with E-state index in [4.69, 9.17) is 22.1 Å². The summed E-state index contributed by atoms with van der Waals surface area (Å²) in [5, 5.41) is 0.603. The van der Waals surface area contributed by atoms with Crippen LogP contribution in [0.5, 0.6) is 5.75 Å². The van der Waals surface area contributed by atoms with Gasteiger partial charge in [0.1, 0.15) is 23.1 Å². The van der Waals surface area contributed by atoms with E-state index in [-0.39, 0.29) is 0 Å². The lowest BCUT2D eigenvalue weighted by Crippen LogP contribution is -2.02. The zero-order valence-electron chi connectivity index (χ0n) is 11.0. The Kier molecular flexibility index (Phi) is 2.90. The smallest absolute Gasteiger partial charge is 0.132 e. The van der Waals surface area contributed by atoms with E-state index in [9.17, 15) is 0 Å². The lowest BCUT2D eigenvalue weighted by molar-refractivity contribution is 0.416. The number of aryl methyl sites for hydroxylation is 1. The fourth-order valence-corrected chi connectivity index (χ4v) is 2.70. The highest BCUT2D eigenvalue weighted by Gasteiger charge is 2.29. The number of benzene rings is 1. The minimum Gasteiger partial charge on any atom is -0.496 e. The number of aromatic nitrogens is 2. The number of anilines is 1. The maximum absolute atomic E-state index is 6.29. The van der Waals surface area contributed by atoms with E-state index in [1.54, 1.807) is 7.11 Å². The molecule has 0 saturated heterocycles. The first kappa shape index (κ1) is 12.4. The molecule has 1 saturated carbocycles. The van der Waals surface area contributed by atoms with E-state index >= 15 is 0 Å². The topological polar surface area (TPSA) is 53.1 Å². The Labute approximate surface area is 117 Å². The van der Waals surface area contributed by atoms with Crippen LogP contribution < -0.4 is 10.5 Å². The van der Waals surface area contributed by atoms with Crippen LogP contribution in [0.4, 0.5) is 5.82 Å². The Balaban J connectivity index is 2.20. The summed E-state index contributed by atoms with van der Waals surface area (Å²) in [4.78, 5) is 4.58. The summed E-state index contributed by atoms with van der Waals surface area (Å²) < 4.78 is 7.47. The van der Waals surface area contributed by atoms with Gasteiger partial charge in [0, 0.05) is 6.04 Å². The molecule has 0 bridgehead atoms. The molecule has 0 aliphatic heterocycles. The summed E-state index contributed by atoms with van der Waals surface area (Å²) in [7, 11) is 1.62. The number of rotatable bonds is 3. The van der Waals surface area contributed by atoms with Gasteiger partial charge in [0.05, 0.1) is 17.7 Å². The monoisotopic (exact) mass is 277 g/mol. The molecule has 0 atom stereocenters. The molecule has 0 spiro atoms. The molecule has 1 heterocycles. The van der Waals surface area contributed by atoms with Crippen molar-refractivity contribution in [3.8, 4) is 17.0 Å². The molecular weight excluding hydrogens is 262 g/mol. The average Bonchev–Trinajstić information content (AvgIpc) is 3.16. The van der Waals surface area contributed by atoms with Crippen molar-refractivity contribution in [1.29, 1.82) is 0 Å². The van der Waals surface area contributed by atoms with Crippen molar-refractivity contribution in [3.05, 3.63) is 29.0 Å². The number of methoxy groups -OCH3 is 1. The highest BCUT2D eigenvalue weighted by atomic mass is 35.5. The van der Waals surface area contributed by atoms with Gasteiger partial charge in [-0.25, -0.2) is 4.98 Å². The van der Waals surface area contributed by atoms with E-state index in [2.05, 4.69) is 9.55 Å². The van der Waals surface area contributed by atoms with Gasteiger partial charge in [0.15, 0.2) is 0 Å². The van der Waals surface area contributed by atoms with E-state index in [1.807, 2.05) is 25.1 Å². The molecule has 0 amide bonds.